The van der Waals surface area contributed by atoms with Crippen LogP contribution in [0.15, 0.2) is 0 Å². The van der Waals surface area contributed by atoms with Gasteiger partial charge in [0, 0.05) is 5.92 Å². The van der Waals surface area contributed by atoms with E-state index in [1.165, 1.54) is 38.5 Å². The number of rotatable bonds is 3. The van der Waals surface area contributed by atoms with Gasteiger partial charge in [0.2, 0.25) is 5.13 Å². The third-order valence-electron chi connectivity index (χ3n) is 3.35. The van der Waals surface area contributed by atoms with Gasteiger partial charge in [-0.25, -0.2) is 0 Å². The van der Waals surface area contributed by atoms with Gasteiger partial charge < -0.3 is 5.73 Å². The maximum absolute atomic E-state index is 5.61. The molecule has 15 heavy (non-hydrogen) atoms. The Hall–Kier alpha value is -0.640. The number of nitrogen functional groups attached to an aromatic ring is 1. The molecule has 3 nitrogen and oxygen atoms in total. The van der Waals surface area contributed by atoms with Crippen molar-refractivity contribution < 1.29 is 0 Å². The largest absolute Gasteiger partial charge is 0.374 e. The first-order valence-electron chi connectivity index (χ1n) is 5.88. The van der Waals surface area contributed by atoms with Gasteiger partial charge in [0.15, 0.2) is 0 Å². The predicted molar refractivity (Wildman–Crippen MR) is 63.9 cm³/mol. The van der Waals surface area contributed by atoms with Crippen molar-refractivity contribution in [1.82, 2.24) is 10.2 Å². The van der Waals surface area contributed by atoms with Crippen molar-refractivity contribution in [3.8, 4) is 0 Å². The van der Waals surface area contributed by atoms with Crippen LogP contribution in [0.5, 0.6) is 0 Å². The molecule has 1 saturated carbocycles. The molecule has 1 aromatic rings. The minimum absolute atomic E-state index is 0.612. The molecule has 1 fully saturated rings. The number of aromatic nitrogens is 2. The van der Waals surface area contributed by atoms with Gasteiger partial charge in [-0.05, 0) is 31.6 Å². The van der Waals surface area contributed by atoms with E-state index in [1.807, 2.05) is 0 Å². The van der Waals surface area contributed by atoms with Crippen LogP contribution < -0.4 is 5.73 Å². The van der Waals surface area contributed by atoms with Gasteiger partial charge in [-0.2, -0.15) is 0 Å². The van der Waals surface area contributed by atoms with Crippen molar-refractivity contribution in [2.24, 2.45) is 5.92 Å². The fraction of sp³-hybridized carbons (Fsp3) is 0.818. The van der Waals surface area contributed by atoms with Gasteiger partial charge in [-0.15, -0.1) is 10.2 Å². The first-order chi connectivity index (χ1) is 7.29. The average molecular weight is 225 g/mol. The van der Waals surface area contributed by atoms with E-state index in [4.69, 9.17) is 5.73 Å². The molecule has 1 aromatic heterocycles. The Balaban J connectivity index is 1.88. The van der Waals surface area contributed by atoms with Gasteiger partial charge in [-0.1, -0.05) is 31.1 Å². The fourth-order valence-corrected chi connectivity index (χ4v) is 3.30. The second-order valence-electron chi connectivity index (χ2n) is 4.48. The summed E-state index contributed by atoms with van der Waals surface area (Å²) >= 11 is 1.56. The molecular weight excluding hydrogens is 206 g/mol. The molecule has 1 heterocycles. The van der Waals surface area contributed by atoms with Gasteiger partial charge in [0.05, 0.1) is 0 Å². The van der Waals surface area contributed by atoms with Crippen molar-refractivity contribution in [1.29, 1.82) is 0 Å². The summed E-state index contributed by atoms with van der Waals surface area (Å²) in [5, 5.41) is 9.81. The fourth-order valence-electron chi connectivity index (χ4n) is 2.52. The van der Waals surface area contributed by atoms with Crippen molar-refractivity contribution >= 4 is 16.5 Å². The maximum Gasteiger partial charge on any atom is 0.203 e. The summed E-state index contributed by atoms with van der Waals surface area (Å²) in [6.45, 7) is 2.28. The van der Waals surface area contributed by atoms with Crippen molar-refractivity contribution in [3.05, 3.63) is 5.01 Å². The number of hydrogen-bond acceptors (Lipinski definition) is 4. The summed E-state index contributed by atoms with van der Waals surface area (Å²) in [5.74, 6) is 1.59. The van der Waals surface area contributed by atoms with Crippen LogP contribution in [0.1, 0.15) is 56.4 Å². The van der Waals surface area contributed by atoms with E-state index in [-0.39, 0.29) is 0 Å². The first kappa shape index (κ1) is 10.9. The lowest BCUT2D eigenvalue weighted by Crippen LogP contribution is -2.13. The first-order valence-corrected chi connectivity index (χ1v) is 6.70. The van der Waals surface area contributed by atoms with E-state index in [9.17, 15) is 0 Å². The number of nitrogens with two attached hydrogens (primary N) is 1. The zero-order valence-corrected chi connectivity index (χ0v) is 10.1. The van der Waals surface area contributed by atoms with E-state index in [0.717, 1.165) is 10.9 Å². The highest BCUT2D eigenvalue weighted by Crippen LogP contribution is 2.38. The van der Waals surface area contributed by atoms with Gasteiger partial charge >= 0.3 is 0 Å². The minimum atomic E-state index is 0.612. The number of nitrogens with zero attached hydrogens (tertiary/aromatic N) is 2. The Morgan fingerprint density at radius 3 is 2.53 bits per heavy atom. The highest BCUT2D eigenvalue weighted by molar-refractivity contribution is 7.15. The summed E-state index contributed by atoms with van der Waals surface area (Å²) in [7, 11) is 0. The van der Waals surface area contributed by atoms with E-state index in [0.29, 0.717) is 11.0 Å². The molecule has 0 spiro atoms. The molecule has 0 aliphatic heterocycles. The SMILES string of the molecule is CCCC1CCC(c2nnc(N)s2)CC1. The molecule has 0 aromatic carbocycles. The van der Waals surface area contributed by atoms with Crippen molar-refractivity contribution in [3.63, 3.8) is 0 Å². The van der Waals surface area contributed by atoms with Crippen LogP contribution in [-0.2, 0) is 0 Å². The Labute approximate surface area is 95.1 Å². The molecule has 0 bridgehead atoms. The van der Waals surface area contributed by atoms with Crippen molar-refractivity contribution in [2.45, 2.75) is 51.4 Å². The van der Waals surface area contributed by atoms with Gasteiger partial charge in [-0.3, -0.25) is 0 Å². The molecule has 0 radical (unpaired) electrons. The highest BCUT2D eigenvalue weighted by Gasteiger charge is 2.24. The van der Waals surface area contributed by atoms with Gasteiger partial charge in [0.1, 0.15) is 5.01 Å². The summed E-state index contributed by atoms with van der Waals surface area (Å²) in [5.41, 5.74) is 5.61. The van der Waals surface area contributed by atoms with E-state index in [1.54, 1.807) is 11.3 Å². The topological polar surface area (TPSA) is 51.8 Å². The summed E-state index contributed by atoms with van der Waals surface area (Å²) < 4.78 is 0. The molecule has 1 aliphatic carbocycles. The van der Waals surface area contributed by atoms with Gasteiger partial charge in [0.25, 0.3) is 0 Å². The smallest absolute Gasteiger partial charge is 0.203 e. The normalized spacial score (nSPS) is 26.7. The van der Waals surface area contributed by atoms with Crippen LogP contribution in [-0.4, -0.2) is 10.2 Å². The second kappa shape index (κ2) is 4.92. The lowest BCUT2D eigenvalue weighted by atomic mass is 9.80. The third kappa shape index (κ3) is 2.68. The monoisotopic (exact) mass is 225 g/mol. The second-order valence-corrected chi connectivity index (χ2v) is 5.53. The van der Waals surface area contributed by atoms with Crippen LogP contribution in [0.4, 0.5) is 5.13 Å². The Morgan fingerprint density at radius 2 is 2.00 bits per heavy atom. The minimum Gasteiger partial charge on any atom is -0.374 e. The summed E-state index contributed by atoms with van der Waals surface area (Å²) in [4.78, 5) is 0. The predicted octanol–water partition coefficient (Wildman–Crippen LogP) is 3.19. The van der Waals surface area contributed by atoms with Crippen LogP contribution in [0.2, 0.25) is 0 Å². The standard InChI is InChI=1S/C11H19N3S/c1-2-3-8-4-6-9(7-5-8)10-13-14-11(12)15-10/h8-9H,2-7H2,1H3,(H2,12,14). The third-order valence-corrected chi connectivity index (χ3v) is 4.26. The highest BCUT2D eigenvalue weighted by atomic mass is 32.1. The Bertz CT molecular complexity index is 303. The molecule has 0 amide bonds. The number of hydrogen-bond donors (Lipinski definition) is 1. The van der Waals surface area contributed by atoms with Crippen LogP contribution in [0, 0.1) is 5.92 Å². The van der Waals surface area contributed by atoms with Crippen LogP contribution >= 0.6 is 11.3 Å². The maximum atomic E-state index is 5.61. The van der Waals surface area contributed by atoms with E-state index < -0.39 is 0 Å². The summed E-state index contributed by atoms with van der Waals surface area (Å²) in [6, 6.07) is 0. The van der Waals surface area contributed by atoms with Crippen LogP contribution in [0.25, 0.3) is 0 Å². The van der Waals surface area contributed by atoms with E-state index in [2.05, 4.69) is 17.1 Å². The summed E-state index contributed by atoms with van der Waals surface area (Å²) in [6.07, 6.45) is 7.99. The molecular formula is C11H19N3S. The Morgan fingerprint density at radius 1 is 1.27 bits per heavy atom. The molecule has 84 valence electrons. The molecule has 0 saturated heterocycles. The zero-order valence-electron chi connectivity index (χ0n) is 9.28. The average Bonchev–Trinajstić information content (AvgIpc) is 2.67. The molecule has 0 atom stereocenters. The quantitative estimate of drug-likeness (QED) is 0.859. The molecule has 1 aliphatic rings. The molecule has 2 N–H and O–H groups in total. The lowest BCUT2D eigenvalue weighted by Gasteiger charge is -2.26. The van der Waals surface area contributed by atoms with E-state index >= 15 is 0 Å². The molecule has 0 unspecified atom stereocenters. The zero-order chi connectivity index (χ0) is 10.7. The molecule has 4 heteroatoms. The van der Waals surface area contributed by atoms with Crippen LogP contribution in [0.3, 0.4) is 0 Å². The molecule has 2 rings (SSSR count). The Kier molecular flexibility index (Phi) is 3.57. The lowest BCUT2D eigenvalue weighted by molar-refractivity contribution is 0.307. The number of anilines is 1. The van der Waals surface area contributed by atoms with Crippen molar-refractivity contribution in [2.75, 3.05) is 5.73 Å².